The highest BCUT2D eigenvalue weighted by atomic mass is 19.1. The minimum atomic E-state index is -1.41. The maximum absolute atomic E-state index is 13.4. The number of nitro benzene ring substituents is 1. The summed E-state index contributed by atoms with van der Waals surface area (Å²) in [7, 11) is 0. The number of halogens is 1. The van der Waals surface area contributed by atoms with Crippen LogP contribution >= 0.6 is 0 Å². The molecule has 1 fully saturated rings. The van der Waals surface area contributed by atoms with Crippen molar-refractivity contribution < 1.29 is 24.3 Å². The molecule has 2 N–H and O–H groups in total. The van der Waals surface area contributed by atoms with Crippen LogP contribution in [0.25, 0.3) is 0 Å². The van der Waals surface area contributed by atoms with E-state index in [4.69, 9.17) is 0 Å². The van der Waals surface area contributed by atoms with Crippen molar-refractivity contribution in [3.63, 3.8) is 0 Å². The van der Waals surface area contributed by atoms with E-state index >= 15 is 0 Å². The monoisotopic (exact) mass is 255 g/mol. The molecule has 1 aliphatic rings. The molecule has 18 heavy (non-hydrogen) atoms. The number of benzene rings is 1. The first kappa shape index (κ1) is 12.3. The summed E-state index contributed by atoms with van der Waals surface area (Å²) in [5.74, 6) is -3.20. The van der Waals surface area contributed by atoms with Crippen LogP contribution in [0.15, 0.2) is 12.1 Å². The first-order valence-electron chi connectivity index (χ1n) is 5.29. The van der Waals surface area contributed by atoms with Crippen LogP contribution in [0.4, 0.5) is 10.1 Å². The first-order valence-corrected chi connectivity index (χ1v) is 5.29. The Labute approximate surface area is 101 Å². The van der Waals surface area contributed by atoms with Crippen LogP contribution in [0.5, 0.6) is 5.75 Å². The van der Waals surface area contributed by atoms with Crippen LogP contribution in [0, 0.1) is 15.9 Å². The lowest BCUT2D eigenvalue weighted by atomic mass is 9.64. The Hall–Kier alpha value is -2.18. The standard InChI is InChI=1S/C11H10FNO5/c12-8-5-6(13(17)18)4-7(9(8)14)11(10(15)16)2-1-3-11/h4-5,14H,1-3H2,(H,15,16). The van der Waals surface area contributed by atoms with Crippen LogP contribution in [-0.2, 0) is 10.2 Å². The molecular weight excluding hydrogens is 245 g/mol. The summed E-state index contributed by atoms with van der Waals surface area (Å²) >= 11 is 0. The van der Waals surface area contributed by atoms with E-state index in [0.29, 0.717) is 12.5 Å². The minimum absolute atomic E-state index is 0.215. The summed E-state index contributed by atoms with van der Waals surface area (Å²) < 4.78 is 13.4. The number of hydrogen-bond donors (Lipinski definition) is 2. The van der Waals surface area contributed by atoms with Crippen molar-refractivity contribution in [2.45, 2.75) is 24.7 Å². The average molecular weight is 255 g/mol. The molecule has 1 aromatic rings. The molecule has 0 unspecified atom stereocenters. The molecule has 0 atom stereocenters. The fourth-order valence-corrected chi connectivity index (χ4v) is 2.18. The molecule has 0 aliphatic heterocycles. The van der Waals surface area contributed by atoms with Crippen molar-refractivity contribution in [3.8, 4) is 5.75 Å². The summed E-state index contributed by atoms with van der Waals surface area (Å²) in [5.41, 5.74) is -2.18. The fourth-order valence-electron chi connectivity index (χ4n) is 2.18. The second kappa shape index (κ2) is 3.94. The van der Waals surface area contributed by atoms with Gasteiger partial charge in [0.25, 0.3) is 5.69 Å². The minimum Gasteiger partial charge on any atom is -0.505 e. The number of carboxylic acid groups (broad SMARTS) is 1. The Morgan fingerprint density at radius 3 is 2.44 bits per heavy atom. The molecule has 7 heteroatoms. The van der Waals surface area contributed by atoms with Crippen molar-refractivity contribution in [2.24, 2.45) is 0 Å². The van der Waals surface area contributed by atoms with Gasteiger partial charge in [-0.2, -0.15) is 0 Å². The quantitative estimate of drug-likeness (QED) is 0.635. The van der Waals surface area contributed by atoms with Gasteiger partial charge >= 0.3 is 5.97 Å². The number of hydrogen-bond acceptors (Lipinski definition) is 4. The van der Waals surface area contributed by atoms with Crippen molar-refractivity contribution in [2.75, 3.05) is 0 Å². The molecule has 0 heterocycles. The Morgan fingerprint density at radius 2 is 2.06 bits per heavy atom. The Morgan fingerprint density at radius 1 is 1.44 bits per heavy atom. The number of nitrogens with zero attached hydrogens (tertiary/aromatic N) is 1. The third-order valence-corrected chi connectivity index (χ3v) is 3.39. The van der Waals surface area contributed by atoms with Gasteiger partial charge in [-0.1, -0.05) is 6.42 Å². The predicted octanol–water partition coefficient (Wildman–Crippen LogP) is 1.95. The normalized spacial score (nSPS) is 16.9. The second-order valence-corrected chi connectivity index (χ2v) is 4.32. The summed E-state index contributed by atoms with van der Waals surface area (Å²) in [5, 5.41) is 29.4. The molecule has 96 valence electrons. The fraction of sp³-hybridized carbons (Fsp3) is 0.364. The Bertz CT molecular complexity index is 538. The molecule has 0 saturated heterocycles. The highest BCUT2D eigenvalue weighted by Crippen LogP contribution is 2.48. The van der Waals surface area contributed by atoms with Crippen LogP contribution in [0.1, 0.15) is 24.8 Å². The molecule has 0 aromatic heterocycles. The molecule has 0 spiro atoms. The summed E-state index contributed by atoms with van der Waals surface area (Å²) in [6.07, 6.45) is 1.09. The van der Waals surface area contributed by atoms with Crippen molar-refractivity contribution in [1.82, 2.24) is 0 Å². The highest BCUT2D eigenvalue weighted by Gasteiger charge is 2.48. The zero-order valence-corrected chi connectivity index (χ0v) is 9.22. The van der Waals surface area contributed by atoms with Gasteiger partial charge in [0.1, 0.15) is 0 Å². The molecule has 0 radical (unpaired) electrons. The van der Waals surface area contributed by atoms with E-state index in [1.165, 1.54) is 0 Å². The van der Waals surface area contributed by atoms with Gasteiger partial charge in [0.05, 0.1) is 16.4 Å². The zero-order valence-electron chi connectivity index (χ0n) is 9.22. The van der Waals surface area contributed by atoms with Gasteiger partial charge < -0.3 is 10.2 Å². The van der Waals surface area contributed by atoms with E-state index in [9.17, 15) is 29.5 Å². The predicted molar refractivity (Wildman–Crippen MR) is 57.9 cm³/mol. The zero-order chi connectivity index (χ0) is 13.5. The van der Waals surface area contributed by atoms with Gasteiger partial charge in [0.15, 0.2) is 11.6 Å². The smallest absolute Gasteiger partial charge is 0.314 e. The summed E-state index contributed by atoms with van der Waals surface area (Å²) in [4.78, 5) is 21.1. The van der Waals surface area contributed by atoms with Gasteiger partial charge in [0.2, 0.25) is 0 Å². The van der Waals surface area contributed by atoms with E-state index in [1.807, 2.05) is 0 Å². The first-order chi connectivity index (χ1) is 8.38. The lowest BCUT2D eigenvalue weighted by Crippen LogP contribution is -2.42. The highest BCUT2D eigenvalue weighted by molar-refractivity contribution is 5.84. The number of rotatable bonds is 3. The third kappa shape index (κ3) is 1.59. The van der Waals surface area contributed by atoms with Gasteiger partial charge in [-0.25, -0.2) is 4.39 Å². The maximum atomic E-state index is 13.4. The van der Waals surface area contributed by atoms with Crippen molar-refractivity contribution in [1.29, 1.82) is 0 Å². The molecule has 1 aromatic carbocycles. The number of carboxylic acids is 1. The molecule has 1 aliphatic carbocycles. The maximum Gasteiger partial charge on any atom is 0.314 e. The summed E-state index contributed by atoms with van der Waals surface area (Å²) in [6, 6.07) is 1.51. The van der Waals surface area contributed by atoms with Crippen molar-refractivity contribution in [3.05, 3.63) is 33.6 Å². The van der Waals surface area contributed by atoms with Gasteiger partial charge in [0, 0.05) is 11.6 Å². The van der Waals surface area contributed by atoms with E-state index in [0.717, 1.165) is 6.07 Å². The van der Waals surface area contributed by atoms with E-state index < -0.39 is 33.6 Å². The number of non-ortho nitro benzene ring substituents is 1. The molecule has 2 rings (SSSR count). The van der Waals surface area contributed by atoms with Crippen LogP contribution in [0.2, 0.25) is 0 Å². The van der Waals surface area contributed by atoms with Gasteiger partial charge in [-0.15, -0.1) is 0 Å². The van der Waals surface area contributed by atoms with E-state index in [1.54, 1.807) is 0 Å². The summed E-state index contributed by atoms with van der Waals surface area (Å²) in [6.45, 7) is 0. The molecule has 1 saturated carbocycles. The van der Waals surface area contributed by atoms with Gasteiger partial charge in [-0.05, 0) is 12.8 Å². The number of carbonyl (C=O) groups is 1. The number of aromatic hydroxyl groups is 1. The Balaban J connectivity index is 2.63. The number of phenolic OH excluding ortho intramolecular Hbond substituents is 1. The Kier molecular flexibility index (Phi) is 2.68. The molecule has 0 amide bonds. The van der Waals surface area contributed by atoms with Crippen LogP contribution in [-0.4, -0.2) is 21.1 Å². The average Bonchev–Trinajstić information content (AvgIpc) is 2.21. The topological polar surface area (TPSA) is 101 Å². The second-order valence-electron chi connectivity index (χ2n) is 4.32. The van der Waals surface area contributed by atoms with Crippen LogP contribution in [0.3, 0.4) is 0 Å². The van der Waals surface area contributed by atoms with Crippen LogP contribution < -0.4 is 0 Å². The SMILES string of the molecule is O=C(O)C1(c2cc([N+](=O)[O-])cc(F)c2O)CCC1. The molecule has 6 nitrogen and oxygen atoms in total. The number of aliphatic carboxylic acids is 1. The lowest BCUT2D eigenvalue weighted by Gasteiger charge is -2.38. The van der Waals surface area contributed by atoms with Crippen molar-refractivity contribution >= 4 is 11.7 Å². The third-order valence-electron chi connectivity index (χ3n) is 3.39. The molecule has 0 bridgehead atoms. The van der Waals surface area contributed by atoms with Gasteiger partial charge in [-0.3, -0.25) is 14.9 Å². The number of phenols is 1. The lowest BCUT2D eigenvalue weighted by molar-refractivity contribution is -0.385. The largest absolute Gasteiger partial charge is 0.505 e. The molecular formula is C11H10FNO5. The van der Waals surface area contributed by atoms with E-state index in [-0.39, 0.29) is 18.4 Å². The number of nitro groups is 1. The van der Waals surface area contributed by atoms with E-state index in [2.05, 4.69) is 0 Å².